The van der Waals surface area contributed by atoms with Gasteiger partial charge in [0.25, 0.3) is 0 Å². The van der Waals surface area contributed by atoms with Crippen LogP contribution in [0.25, 0.3) is 0 Å². The van der Waals surface area contributed by atoms with Gasteiger partial charge >= 0.3 is 0 Å². The Bertz CT molecular complexity index is 163. The SMILES string of the molecule is CCCCCC(C)(CCCC)NC1CC1. The van der Waals surface area contributed by atoms with Crippen molar-refractivity contribution in [3.05, 3.63) is 0 Å². The highest BCUT2D eigenvalue weighted by molar-refractivity contribution is 4.92. The highest BCUT2D eigenvalue weighted by Crippen LogP contribution is 2.28. The van der Waals surface area contributed by atoms with Gasteiger partial charge in [-0.2, -0.15) is 0 Å². The van der Waals surface area contributed by atoms with Crippen molar-refractivity contribution < 1.29 is 0 Å². The molecule has 0 heterocycles. The summed E-state index contributed by atoms with van der Waals surface area (Å²) in [6.07, 6.45) is 12.4. The highest BCUT2D eigenvalue weighted by Gasteiger charge is 2.31. The number of unbranched alkanes of at least 4 members (excludes halogenated alkanes) is 3. The van der Waals surface area contributed by atoms with Crippen molar-refractivity contribution in [3.63, 3.8) is 0 Å². The zero-order valence-electron chi connectivity index (χ0n) is 10.9. The molecule has 1 aliphatic rings. The van der Waals surface area contributed by atoms with Crippen LogP contribution in [0, 0.1) is 0 Å². The van der Waals surface area contributed by atoms with E-state index < -0.39 is 0 Å². The lowest BCUT2D eigenvalue weighted by Gasteiger charge is -2.31. The molecule has 15 heavy (non-hydrogen) atoms. The van der Waals surface area contributed by atoms with Gasteiger partial charge in [-0.05, 0) is 32.6 Å². The molecule has 1 rings (SSSR count). The van der Waals surface area contributed by atoms with Crippen LogP contribution >= 0.6 is 0 Å². The maximum atomic E-state index is 3.86. The molecule has 0 spiro atoms. The highest BCUT2D eigenvalue weighted by atomic mass is 15.0. The molecule has 1 aliphatic carbocycles. The van der Waals surface area contributed by atoms with E-state index in [1.807, 2.05) is 0 Å². The van der Waals surface area contributed by atoms with Crippen LogP contribution in [0.4, 0.5) is 0 Å². The van der Waals surface area contributed by atoms with Gasteiger partial charge in [0.2, 0.25) is 0 Å². The van der Waals surface area contributed by atoms with E-state index in [-0.39, 0.29) is 0 Å². The van der Waals surface area contributed by atoms with Crippen LogP contribution in [0.3, 0.4) is 0 Å². The van der Waals surface area contributed by atoms with Crippen molar-refractivity contribution in [2.45, 2.75) is 90.1 Å². The second-order valence-corrected chi connectivity index (χ2v) is 5.54. The van der Waals surface area contributed by atoms with Crippen LogP contribution in [-0.2, 0) is 0 Å². The molecule has 1 saturated carbocycles. The fourth-order valence-corrected chi connectivity index (χ4v) is 2.32. The quantitative estimate of drug-likeness (QED) is 0.562. The fraction of sp³-hybridized carbons (Fsp3) is 1.00. The van der Waals surface area contributed by atoms with Crippen molar-refractivity contribution in [1.82, 2.24) is 5.32 Å². The molecule has 0 amide bonds. The summed E-state index contributed by atoms with van der Waals surface area (Å²) in [5, 5.41) is 3.86. The standard InChI is InChI=1S/C14H29N/c1-4-6-8-12-14(3,11-7-5-2)15-13-9-10-13/h13,15H,4-12H2,1-3H3. The van der Waals surface area contributed by atoms with E-state index in [0.29, 0.717) is 5.54 Å². The van der Waals surface area contributed by atoms with Gasteiger partial charge in [-0.3, -0.25) is 0 Å². The Kier molecular flexibility index (Phi) is 5.66. The van der Waals surface area contributed by atoms with Crippen molar-refractivity contribution in [2.75, 3.05) is 0 Å². The number of hydrogen-bond acceptors (Lipinski definition) is 1. The molecule has 0 aromatic rings. The minimum Gasteiger partial charge on any atom is -0.309 e. The van der Waals surface area contributed by atoms with Crippen LogP contribution in [0.5, 0.6) is 0 Å². The zero-order valence-corrected chi connectivity index (χ0v) is 10.9. The van der Waals surface area contributed by atoms with Crippen LogP contribution in [0.15, 0.2) is 0 Å². The van der Waals surface area contributed by atoms with E-state index in [1.165, 1.54) is 57.8 Å². The summed E-state index contributed by atoms with van der Waals surface area (Å²) in [7, 11) is 0. The number of rotatable bonds is 9. The maximum absolute atomic E-state index is 3.86. The first-order chi connectivity index (χ1) is 7.20. The molecular weight excluding hydrogens is 182 g/mol. The van der Waals surface area contributed by atoms with Crippen LogP contribution in [0.2, 0.25) is 0 Å². The summed E-state index contributed by atoms with van der Waals surface area (Å²) in [5.74, 6) is 0. The first kappa shape index (κ1) is 13.0. The minimum absolute atomic E-state index is 0.437. The largest absolute Gasteiger partial charge is 0.309 e. The zero-order chi connectivity index (χ0) is 11.1. The molecule has 1 N–H and O–H groups in total. The van der Waals surface area contributed by atoms with E-state index >= 15 is 0 Å². The van der Waals surface area contributed by atoms with Crippen molar-refractivity contribution in [2.24, 2.45) is 0 Å². The summed E-state index contributed by atoms with van der Waals surface area (Å²) < 4.78 is 0. The van der Waals surface area contributed by atoms with Crippen molar-refractivity contribution >= 4 is 0 Å². The molecule has 0 bridgehead atoms. The monoisotopic (exact) mass is 211 g/mol. The topological polar surface area (TPSA) is 12.0 Å². The second kappa shape index (κ2) is 6.52. The molecule has 1 unspecified atom stereocenters. The van der Waals surface area contributed by atoms with Crippen LogP contribution in [0.1, 0.15) is 78.6 Å². The molecule has 1 fully saturated rings. The van der Waals surface area contributed by atoms with Gasteiger partial charge in [0.05, 0.1) is 0 Å². The molecular formula is C14H29N. The van der Waals surface area contributed by atoms with Crippen molar-refractivity contribution in [1.29, 1.82) is 0 Å². The lowest BCUT2D eigenvalue weighted by atomic mass is 9.88. The van der Waals surface area contributed by atoms with E-state index in [4.69, 9.17) is 0 Å². The van der Waals surface area contributed by atoms with E-state index in [9.17, 15) is 0 Å². The predicted octanol–water partition coefficient (Wildman–Crippen LogP) is 4.27. The van der Waals surface area contributed by atoms with Gasteiger partial charge in [0.15, 0.2) is 0 Å². The molecule has 0 saturated heterocycles. The Morgan fingerprint density at radius 1 is 1.00 bits per heavy atom. The minimum atomic E-state index is 0.437. The van der Waals surface area contributed by atoms with Crippen LogP contribution < -0.4 is 5.32 Å². The molecule has 1 nitrogen and oxygen atoms in total. The summed E-state index contributed by atoms with van der Waals surface area (Å²) >= 11 is 0. The lowest BCUT2D eigenvalue weighted by molar-refractivity contribution is 0.287. The molecule has 1 heteroatoms. The maximum Gasteiger partial charge on any atom is 0.0155 e. The first-order valence-electron chi connectivity index (χ1n) is 6.98. The van der Waals surface area contributed by atoms with Gasteiger partial charge in [0.1, 0.15) is 0 Å². The number of nitrogens with one attached hydrogen (secondary N) is 1. The third kappa shape index (κ3) is 5.55. The molecule has 0 aromatic heterocycles. The second-order valence-electron chi connectivity index (χ2n) is 5.54. The molecule has 0 aromatic carbocycles. The Hall–Kier alpha value is -0.0400. The average Bonchev–Trinajstić information content (AvgIpc) is 2.99. The molecule has 90 valence electrons. The normalized spacial score (nSPS) is 20.2. The van der Waals surface area contributed by atoms with E-state index in [0.717, 1.165) is 6.04 Å². The Morgan fingerprint density at radius 2 is 1.60 bits per heavy atom. The Morgan fingerprint density at radius 3 is 2.13 bits per heavy atom. The van der Waals surface area contributed by atoms with Crippen LogP contribution in [-0.4, -0.2) is 11.6 Å². The smallest absolute Gasteiger partial charge is 0.0155 e. The fourth-order valence-electron chi connectivity index (χ4n) is 2.32. The summed E-state index contributed by atoms with van der Waals surface area (Å²) in [4.78, 5) is 0. The van der Waals surface area contributed by atoms with Gasteiger partial charge < -0.3 is 5.32 Å². The molecule has 0 radical (unpaired) electrons. The van der Waals surface area contributed by atoms with Gasteiger partial charge in [0, 0.05) is 11.6 Å². The number of hydrogen-bond donors (Lipinski definition) is 1. The molecule has 0 aliphatic heterocycles. The molecule has 1 atom stereocenters. The summed E-state index contributed by atoms with van der Waals surface area (Å²) in [5.41, 5.74) is 0.437. The van der Waals surface area contributed by atoms with E-state index in [1.54, 1.807) is 0 Å². The Balaban J connectivity index is 2.27. The third-order valence-electron chi connectivity index (χ3n) is 3.54. The predicted molar refractivity (Wildman–Crippen MR) is 68.2 cm³/mol. The first-order valence-corrected chi connectivity index (χ1v) is 6.98. The Labute approximate surface area is 96.0 Å². The summed E-state index contributed by atoms with van der Waals surface area (Å²) in [6.45, 7) is 7.03. The average molecular weight is 211 g/mol. The van der Waals surface area contributed by atoms with Crippen molar-refractivity contribution in [3.8, 4) is 0 Å². The van der Waals surface area contributed by atoms with Gasteiger partial charge in [-0.25, -0.2) is 0 Å². The summed E-state index contributed by atoms with van der Waals surface area (Å²) in [6, 6.07) is 0.855. The van der Waals surface area contributed by atoms with E-state index in [2.05, 4.69) is 26.1 Å². The third-order valence-corrected chi connectivity index (χ3v) is 3.54. The van der Waals surface area contributed by atoms with Gasteiger partial charge in [-0.15, -0.1) is 0 Å². The lowest BCUT2D eigenvalue weighted by Crippen LogP contribution is -2.43. The van der Waals surface area contributed by atoms with Gasteiger partial charge in [-0.1, -0.05) is 46.0 Å².